The highest BCUT2D eigenvalue weighted by molar-refractivity contribution is 6.04. The molecule has 1 N–H and O–H groups in total. The smallest absolute Gasteiger partial charge is 0.240 e. The molecule has 34 heavy (non-hydrogen) atoms. The Balaban J connectivity index is 1.39. The highest BCUT2D eigenvalue weighted by Gasteiger charge is 2.45. The van der Waals surface area contributed by atoms with Gasteiger partial charge in [0, 0.05) is 49.3 Å². The lowest BCUT2D eigenvalue weighted by atomic mass is 9.85. The van der Waals surface area contributed by atoms with E-state index >= 15 is 0 Å². The summed E-state index contributed by atoms with van der Waals surface area (Å²) < 4.78 is 0. The molecule has 0 bridgehead atoms. The molecular formula is C25H24N6O3. The summed E-state index contributed by atoms with van der Waals surface area (Å²) in [5.74, 6) is 0.405. The summed E-state index contributed by atoms with van der Waals surface area (Å²) in [6.07, 6.45) is 6.08. The van der Waals surface area contributed by atoms with Crippen molar-refractivity contribution >= 4 is 34.4 Å². The number of anilines is 1. The number of hydrogen-bond donors (Lipinski definition) is 1. The van der Waals surface area contributed by atoms with Gasteiger partial charge in [0.15, 0.2) is 5.82 Å². The summed E-state index contributed by atoms with van der Waals surface area (Å²) in [6.45, 7) is 4.62. The van der Waals surface area contributed by atoms with Gasteiger partial charge in [0.2, 0.25) is 17.7 Å². The number of para-hydroxylation sites is 1. The monoisotopic (exact) mass is 456 g/mol. The number of likely N-dealkylation sites (tertiary alicyclic amines) is 1. The van der Waals surface area contributed by atoms with Gasteiger partial charge in [-0.05, 0) is 30.7 Å². The first-order valence-electron chi connectivity index (χ1n) is 11.2. The number of carbonyl (C=O) groups excluding carboxylic acids is 3. The summed E-state index contributed by atoms with van der Waals surface area (Å²) in [5.41, 5.74) is 1.09. The fraction of sp³-hybridized carbons (Fsp3) is 0.280. The number of pyridine rings is 1. The Labute approximate surface area is 196 Å². The molecule has 0 aliphatic carbocycles. The van der Waals surface area contributed by atoms with E-state index in [0.717, 1.165) is 27.2 Å². The Kier molecular flexibility index (Phi) is 5.53. The maximum atomic E-state index is 12.7. The molecule has 9 heteroatoms. The zero-order valence-corrected chi connectivity index (χ0v) is 18.6. The van der Waals surface area contributed by atoms with E-state index in [1.165, 1.54) is 0 Å². The normalized spacial score (nSPS) is 17.1. The summed E-state index contributed by atoms with van der Waals surface area (Å²) in [6, 6.07) is 11.6. The fourth-order valence-corrected chi connectivity index (χ4v) is 4.57. The van der Waals surface area contributed by atoms with Crippen molar-refractivity contribution in [3.05, 3.63) is 61.4 Å². The third kappa shape index (κ3) is 4.00. The molecule has 4 heterocycles. The molecule has 3 amide bonds. The maximum absolute atomic E-state index is 12.7. The van der Waals surface area contributed by atoms with Crippen molar-refractivity contribution in [1.29, 1.82) is 0 Å². The number of aromatic nitrogens is 3. The third-order valence-corrected chi connectivity index (χ3v) is 6.19. The molecular weight excluding hydrogens is 432 g/mol. The first-order chi connectivity index (χ1) is 16.5. The first kappa shape index (κ1) is 21.7. The zero-order chi connectivity index (χ0) is 23.7. The van der Waals surface area contributed by atoms with Gasteiger partial charge in [-0.25, -0.2) is 9.97 Å². The van der Waals surface area contributed by atoms with Crippen molar-refractivity contribution < 1.29 is 14.4 Å². The molecule has 3 aromatic rings. The van der Waals surface area contributed by atoms with E-state index in [9.17, 15) is 14.4 Å². The Morgan fingerprint density at radius 3 is 2.56 bits per heavy atom. The molecule has 2 aliphatic heterocycles. The number of rotatable bonds is 7. The van der Waals surface area contributed by atoms with Gasteiger partial charge >= 0.3 is 0 Å². The summed E-state index contributed by atoms with van der Waals surface area (Å²) in [4.78, 5) is 53.4. The van der Waals surface area contributed by atoms with E-state index in [1.54, 1.807) is 18.5 Å². The standard InChI is InChI=1S/C25H24N6O3/c1-2-11-25(29-20(32)14-31-21(33)9-10-22(31)34)15-30(16-25)24-18-7-3-4-8-19(18)27-23(28-24)17-6-5-12-26-13-17/h2-8,12-13H,1,9-11,14-16H2,(H,29,32). The maximum Gasteiger partial charge on any atom is 0.240 e. The van der Waals surface area contributed by atoms with Crippen LogP contribution in [0.3, 0.4) is 0 Å². The number of carbonyl (C=O) groups is 3. The van der Waals surface area contributed by atoms with E-state index in [4.69, 9.17) is 9.97 Å². The number of imide groups is 1. The molecule has 2 fully saturated rings. The Morgan fingerprint density at radius 2 is 1.85 bits per heavy atom. The average Bonchev–Trinajstić information content (AvgIpc) is 3.14. The highest BCUT2D eigenvalue weighted by atomic mass is 16.2. The second kappa shape index (κ2) is 8.66. The van der Waals surface area contributed by atoms with Crippen LogP contribution in [0.5, 0.6) is 0 Å². The number of fused-ring (bicyclic) bond motifs is 1. The second-order valence-corrected chi connectivity index (χ2v) is 8.68. The summed E-state index contributed by atoms with van der Waals surface area (Å²) in [7, 11) is 0. The van der Waals surface area contributed by atoms with Crippen LogP contribution in [0.4, 0.5) is 5.82 Å². The lowest BCUT2D eigenvalue weighted by Crippen LogP contribution is -2.71. The molecule has 0 unspecified atom stereocenters. The van der Waals surface area contributed by atoms with Crippen LogP contribution in [0.25, 0.3) is 22.3 Å². The minimum atomic E-state index is -0.550. The molecule has 0 radical (unpaired) electrons. The van der Waals surface area contributed by atoms with Gasteiger partial charge in [0.1, 0.15) is 12.4 Å². The van der Waals surface area contributed by atoms with Crippen molar-refractivity contribution in [1.82, 2.24) is 25.2 Å². The summed E-state index contributed by atoms with van der Waals surface area (Å²) in [5, 5.41) is 3.96. The molecule has 0 atom stereocenters. The number of amides is 3. The van der Waals surface area contributed by atoms with Crippen molar-refractivity contribution in [2.75, 3.05) is 24.5 Å². The minimum absolute atomic E-state index is 0.164. The minimum Gasteiger partial charge on any atom is -0.351 e. The molecule has 0 saturated carbocycles. The van der Waals surface area contributed by atoms with Gasteiger partial charge in [0.25, 0.3) is 0 Å². The van der Waals surface area contributed by atoms with E-state index in [1.807, 2.05) is 36.4 Å². The zero-order valence-electron chi connectivity index (χ0n) is 18.6. The van der Waals surface area contributed by atoms with Crippen molar-refractivity contribution in [3.63, 3.8) is 0 Å². The Bertz CT molecular complexity index is 1270. The van der Waals surface area contributed by atoms with Crippen LogP contribution in [0.1, 0.15) is 19.3 Å². The van der Waals surface area contributed by atoms with Crippen molar-refractivity contribution in [2.45, 2.75) is 24.8 Å². The van der Waals surface area contributed by atoms with Crippen LogP contribution in [0.2, 0.25) is 0 Å². The lowest BCUT2D eigenvalue weighted by Gasteiger charge is -2.51. The molecule has 1 aromatic carbocycles. The molecule has 2 aromatic heterocycles. The van der Waals surface area contributed by atoms with Crippen LogP contribution in [-0.2, 0) is 14.4 Å². The third-order valence-electron chi connectivity index (χ3n) is 6.19. The molecule has 9 nitrogen and oxygen atoms in total. The SMILES string of the molecule is C=CCC1(NC(=O)CN2C(=O)CCC2=O)CN(c2nc(-c3cccnc3)nc3ccccc23)C1. The van der Waals surface area contributed by atoms with E-state index in [2.05, 4.69) is 21.8 Å². The average molecular weight is 457 g/mol. The van der Waals surface area contributed by atoms with Crippen molar-refractivity contribution in [2.24, 2.45) is 0 Å². The lowest BCUT2D eigenvalue weighted by molar-refractivity contribution is -0.142. The number of nitrogens with zero attached hydrogens (tertiary/aromatic N) is 5. The van der Waals surface area contributed by atoms with Crippen molar-refractivity contribution in [3.8, 4) is 11.4 Å². The predicted octanol–water partition coefficient (Wildman–Crippen LogP) is 2.09. The van der Waals surface area contributed by atoms with Crippen LogP contribution >= 0.6 is 0 Å². The van der Waals surface area contributed by atoms with Gasteiger partial charge in [-0.3, -0.25) is 24.3 Å². The van der Waals surface area contributed by atoms with Gasteiger partial charge in [-0.15, -0.1) is 6.58 Å². The molecule has 0 spiro atoms. The van der Waals surface area contributed by atoms with Gasteiger partial charge in [0.05, 0.1) is 11.1 Å². The van der Waals surface area contributed by atoms with Gasteiger partial charge < -0.3 is 10.2 Å². The van der Waals surface area contributed by atoms with Gasteiger partial charge in [-0.1, -0.05) is 18.2 Å². The second-order valence-electron chi connectivity index (χ2n) is 8.68. The Hall–Kier alpha value is -4.14. The van der Waals surface area contributed by atoms with Gasteiger partial charge in [-0.2, -0.15) is 0 Å². The van der Waals surface area contributed by atoms with Crippen LogP contribution in [0, 0.1) is 0 Å². The number of nitrogens with one attached hydrogen (secondary N) is 1. The topological polar surface area (TPSA) is 108 Å². The predicted molar refractivity (Wildman–Crippen MR) is 127 cm³/mol. The molecule has 2 aliphatic rings. The molecule has 2 saturated heterocycles. The van der Waals surface area contributed by atoms with Crippen LogP contribution in [0.15, 0.2) is 61.4 Å². The van der Waals surface area contributed by atoms with E-state index < -0.39 is 5.54 Å². The molecule has 5 rings (SSSR count). The molecule has 172 valence electrons. The van der Waals surface area contributed by atoms with E-state index in [0.29, 0.717) is 25.3 Å². The number of hydrogen-bond acceptors (Lipinski definition) is 7. The van der Waals surface area contributed by atoms with Crippen LogP contribution < -0.4 is 10.2 Å². The highest BCUT2D eigenvalue weighted by Crippen LogP contribution is 2.35. The first-order valence-corrected chi connectivity index (χ1v) is 11.2. The summed E-state index contributed by atoms with van der Waals surface area (Å²) >= 11 is 0. The number of benzene rings is 1. The largest absolute Gasteiger partial charge is 0.351 e. The van der Waals surface area contributed by atoms with E-state index in [-0.39, 0.29) is 37.1 Å². The quantitative estimate of drug-likeness (QED) is 0.428. The van der Waals surface area contributed by atoms with Crippen LogP contribution in [-0.4, -0.2) is 62.7 Å². The Morgan fingerprint density at radius 1 is 1.09 bits per heavy atom. The fourth-order valence-electron chi connectivity index (χ4n) is 4.57.